The Morgan fingerprint density at radius 1 is 1.14 bits per heavy atom. The summed E-state index contributed by atoms with van der Waals surface area (Å²) in [6.45, 7) is 3.47. The molecule has 0 unspecified atom stereocenters. The summed E-state index contributed by atoms with van der Waals surface area (Å²) in [5.74, 6) is 2.04. The quantitative estimate of drug-likeness (QED) is 0.639. The van der Waals surface area contributed by atoms with E-state index in [4.69, 9.17) is 23.1 Å². The summed E-state index contributed by atoms with van der Waals surface area (Å²) in [6.07, 6.45) is 7.54. The van der Waals surface area contributed by atoms with Crippen molar-refractivity contribution in [3.8, 4) is 0 Å². The summed E-state index contributed by atoms with van der Waals surface area (Å²) in [5, 5.41) is 4.82. The number of piperidine rings is 1. The van der Waals surface area contributed by atoms with E-state index in [0.717, 1.165) is 49.1 Å². The van der Waals surface area contributed by atoms with Crippen LogP contribution in [0.5, 0.6) is 0 Å². The van der Waals surface area contributed by atoms with Gasteiger partial charge in [-0.2, -0.15) is 5.10 Å². The Morgan fingerprint density at radius 3 is 2.52 bits per heavy atom. The Hall–Kier alpha value is -1.99. The van der Waals surface area contributed by atoms with Crippen molar-refractivity contribution in [1.29, 1.82) is 0 Å². The van der Waals surface area contributed by atoms with Crippen molar-refractivity contribution in [2.75, 3.05) is 13.1 Å². The molecule has 1 aliphatic carbocycles. The second-order valence-corrected chi connectivity index (χ2v) is 8.87. The number of hydrogen-bond donors (Lipinski definition) is 1. The molecule has 0 radical (unpaired) electrons. The lowest BCUT2D eigenvalue weighted by Gasteiger charge is -2.31. The molecule has 2 heterocycles. The van der Waals surface area contributed by atoms with Gasteiger partial charge in [-0.1, -0.05) is 30.3 Å². The van der Waals surface area contributed by atoms with Crippen molar-refractivity contribution < 1.29 is 4.79 Å². The molecular formula is C22H31N5OS. The maximum atomic E-state index is 11.2. The molecule has 4 rings (SSSR count). The zero-order chi connectivity index (χ0) is 20.2. The van der Waals surface area contributed by atoms with Crippen LogP contribution in [0.4, 0.5) is 0 Å². The van der Waals surface area contributed by atoms with Crippen LogP contribution in [0.3, 0.4) is 0 Å². The number of nitrogens with zero attached hydrogens (tertiary/aromatic N) is 4. The summed E-state index contributed by atoms with van der Waals surface area (Å²) >= 11 is 5.68. The highest BCUT2D eigenvalue weighted by Gasteiger charge is 2.30. The molecule has 156 valence electrons. The Kier molecular flexibility index (Phi) is 6.45. The van der Waals surface area contributed by atoms with Crippen LogP contribution in [0.1, 0.15) is 55.8 Å². The monoisotopic (exact) mass is 413 g/mol. The first kappa shape index (κ1) is 20.3. The average molecular weight is 414 g/mol. The van der Waals surface area contributed by atoms with Crippen LogP contribution < -0.4 is 5.73 Å². The molecule has 2 fully saturated rings. The largest absolute Gasteiger partial charge is 0.370 e. The van der Waals surface area contributed by atoms with Crippen molar-refractivity contribution in [2.24, 2.45) is 11.7 Å². The van der Waals surface area contributed by atoms with Gasteiger partial charge in [0, 0.05) is 32.0 Å². The molecule has 2 aliphatic rings. The third-order valence-corrected chi connectivity index (χ3v) is 6.63. The second-order valence-electron chi connectivity index (χ2n) is 8.51. The fourth-order valence-electron chi connectivity index (χ4n) is 4.25. The van der Waals surface area contributed by atoms with E-state index in [1.54, 1.807) is 0 Å². The van der Waals surface area contributed by atoms with Gasteiger partial charge in [-0.25, -0.2) is 4.68 Å². The highest BCUT2D eigenvalue weighted by atomic mass is 32.1. The smallest absolute Gasteiger partial charge is 0.219 e. The third-order valence-electron chi connectivity index (χ3n) is 6.20. The van der Waals surface area contributed by atoms with Gasteiger partial charge in [-0.05, 0) is 62.2 Å². The van der Waals surface area contributed by atoms with E-state index in [0.29, 0.717) is 18.9 Å². The van der Waals surface area contributed by atoms with Crippen molar-refractivity contribution in [3.63, 3.8) is 0 Å². The van der Waals surface area contributed by atoms with Gasteiger partial charge in [-0.3, -0.25) is 9.69 Å². The summed E-state index contributed by atoms with van der Waals surface area (Å²) < 4.78 is 4.71. The fraction of sp³-hybridized carbons (Fsp3) is 0.591. The molecular weight excluding hydrogens is 382 g/mol. The number of rotatable bonds is 9. The minimum atomic E-state index is -0.293. The summed E-state index contributed by atoms with van der Waals surface area (Å²) in [5.41, 5.74) is 6.78. The summed E-state index contributed by atoms with van der Waals surface area (Å²) in [4.78, 5) is 13.7. The topological polar surface area (TPSA) is 69.1 Å². The lowest BCUT2D eigenvalue weighted by Crippen LogP contribution is -2.35. The summed E-state index contributed by atoms with van der Waals surface area (Å²) in [7, 11) is 0. The molecule has 0 spiro atoms. The molecule has 7 heteroatoms. The molecule has 0 bridgehead atoms. The molecule has 1 aliphatic heterocycles. The maximum Gasteiger partial charge on any atom is 0.219 e. The highest BCUT2D eigenvalue weighted by molar-refractivity contribution is 7.71. The van der Waals surface area contributed by atoms with Gasteiger partial charge < -0.3 is 10.3 Å². The molecule has 0 atom stereocenters. The summed E-state index contributed by atoms with van der Waals surface area (Å²) in [6, 6.07) is 10.8. The molecule has 6 nitrogen and oxygen atoms in total. The Balaban J connectivity index is 1.31. The van der Waals surface area contributed by atoms with E-state index in [1.165, 1.54) is 31.2 Å². The number of carbonyl (C=O) groups is 1. The van der Waals surface area contributed by atoms with Gasteiger partial charge in [0.05, 0.1) is 6.67 Å². The molecule has 1 saturated heterocycles. The molecule has 2 N–H and O–H groups in total. The molecule has 1 amide bonds. The van der Waals surface area contributed by atoms with Crippen LogP contribution in [0.25, 0.3) is 0 Å². The van der Waals surface area contributed by atoms with Gasteiger partial charge in [0.1, 0.15) is 5.82 Å². The van der Waals surface area contributed by atoms with Gasteiger partial charge >= 0.3 is 0 Å². The predicted octanol–water partition coefficient (Wildman–Crippen LogP) is 3.47. The van der Waals surface area contributed by atoms with Crippen LogP contribution in [0, 0.1) is 10.7 Å². The molecule has 1 aromatic carbocycles. The van der Waals surface area contributed by atoms with Crippen LogP contribution in [-0.2, 0) is 24.4 Å². The standard InChI is InChI=1S/C22H31N5OS/c23-20(28)12-15-26-21(19-8-9-19)24-27(22(26)29)16-25-13-10-18(11-14-25)7-6-17-4-2-1-3-5-17/h1-5,18-19H,6-16H2,(H2,23,28). The van der Waals surface area contributed by atoms with Crippen molar-refractivity contribution in [2.45, 2.75) is 64.1 Å². The SMILES string of the molecule is NC(=O)CCn1c(C2CC2)nn(CN2CCC(CCc3ccccc3)CC2)c1=S. The average Bonchev–Trinajstić information content (AvgIpc) is 3.53. The molecule has 2 aromatic rings. The van der Waals surface area contributed by atoms with Crippen LogP contribution >= 0.6 is 12.2 Å². The number of amides is 1. The number of primary amides is 1. The number of carbonyl (C=O) groups excluding carboxylic acids is 1. The first-order valence-electron chi connectivity index (χ1n) is 10.8. The Bertz CT molecular complexity index is 878. The van der Waals surface area contributed by atoms with E-state index < -0.39 is 0 Å². The second kappa shape index (κ2) is 9.22. The lowest BCUT2D eigenvalue weighted by atomic mass is 9.91. The van der Waals surface area contributed by atoms with E-state index in [-0.39, 0.29) is 5.91 Å². The van der Waals surface area contributed by atoms with E-state index in [2.05, 4.69) is 35.2 Å². The van der Waals surface area contributed by atoms with Gasteiger partial charge in [0.25, 0.3) is 0 Å². The molecule has 29 heavy (non-hydrogen) atoms. The van der Waals surface area contributed by atoms with E-state index in [9.17, 15) is 4.79 Å². The number of likely N-dealkylation sites (tertiary alicyclic amines) is 1. The van der Waals surface area contributed by atoms with Crippen LogP contribution in [0.2, 0.25) is 0 Å². The van der Waals surface area contributed by atoms with Crippen LogP contribution in [0.15, 0.2) is 30.3 Å². The Labute approximate surface area is 177 Å². The number of benzene rings is 1. The molecule has 1 aromatic heterocycles. The van der Waals surface area contributed by atoms with Crippen molar-refractivity contribution in [1.82, 2.24) is 19.2 Å². The Morgan fingerprint density at radius 2 is 1.86 bits per heavy atom. The zero-order valence-electron chi connectivity index (χ0n) is 17.0. The normalized spacial score (nSPS) is 18.2. The fourth-order valence-corrected chi connectivity index (χ4v) is 4.53. The number of nitrogens with two attached hydrogens (primary N) is 1. The van der Waals surface area contributed by atoms with E-state index in [1.807, 2.05) is 9.25 Å². The number of aryl methyl sites for hydroxylation is 1. The minimum absolute atomic E-state index is 0.293. The first-order chi connectivity index (χ1) is 14.1. The lowest BCUT2D eigenvalue weighted by molar-refractivity contribution is -0.118. The van der Waals surface area contributed by atoms with Gasteiger partial charge in [0.15, 0.2) is 4.77 Å². The third kappa shape index (κ3) is 5.34. The van der Waals surface area contributed by atoms with Gasteiger partial charge in [-0.15, -0.1) is 0 Å². The predicted molar refractivity (Wildman–Crippen MR) is 116 cm³/mol. The molecule has 1 saturated carbocycles. The van der Waals surface area contributed by atoms with E-state index >= 15 is 0 Å². The van der Waals surface area contributed by atoms with Crippen LogP contribution in [-0.4, -0.2) is 38.2 Å². The van der Waals surface area contributed by atoms with Gasteiger partial charge in [0.2, 0.25) is 5.91 Å². The maximum absolute atomic E-state index is 11.2. The number of aromatic nitrogens is 3. The van der Waals surface area contributed by atoms with Crippen molar-refractivity contribution in [3.05, 3.63) is 46.5 Å². The number of hydrogen-bond acceptors (Lipinski definition) is 4. The highest BCUT2D eigenvalue weighted by Crippen LogP contribution is 2.39. The zero-order valence-corrected chi connectivity index (χ0v) is 17.8. The minimum Gasteiger partial charge on any atom is -0.370 e. The van der Waals surface area contributed by atoms with Crippen molar-refractivity contribution >= 4 is 18.1 Å². The first-order valence-corrected chi connectivity index (χ1v) is 11.2.